The summed E-state index contributed by atoms with van der Waals surface area (Å²) in [7, 11) is 0. The molecule has 1 N–H and O–H groups in total. The fraction of sp³-hybridized carbons (Fsp3) is 0. The largest absolute Gasteiger partial charge is 0.439 e. The third-order valence-electron chi connectivity index (χ3n) is 1.68. The minimum atomic E-state index is -0.674. The molecule has 0 saturated heterocycles. The van der Waals surface area contributed by atoms with Crippen LogP contribution in [0.15, 0.2) is 21.5 Å². The van der Waals surface area contributed by atoms with Gasteiger partial charge in [0.1, 0.15) is 0 Å². The number of hydrogen-bond donors (Lipinski definition) is 1. The highest BCUT2D eigenvalue weighted by atomic mass is 35.5. The summed E-state index contributed by atoms with van der Waals surface area (Å²) < 4.78 is 4.35. The molecule has 4 nitrogen and oxygen atoms in total. The molecule has 0 amide bonds. The van der Waals surface area contributed by atoms with E-state index in [1.165, 1.54) is 12.1 Å². The predicted molar refractivity (Wildman–Crippen MR) is 57.6 cm³/mol. The van der Waals surface area contributed by atoms with Crippen LogP contribution in [0, 0.1) is 0 Å². The van der Waals surface area contributed by atoms with E-state index >= 15 is 0 Å². The van der Waals surface area contributed by atoms with Crippen molar-refractivity contribution in [3.63, 3.8) is 0 Å². The summed E-state index contributed by atoms with van der Waals surface area (Å²) >= 11 is 17.5. The molecule has 1 heterocycles. The van der Waals surface area contributed by atoms with Crippen molar-refractivity contribution in [2.24, 2.45) is 0 Å². The first-order valence-corrected chi connectivity index (χ1v) is 4.92. The lowest BCUT2D eigenvalue weighted by Gasteiger charge is -2.02. The standard InChI is InChI=1S/C8H3Cl3N2O2/c9-3-1-4(10)6(5(11)2-3)7-12-8(14)15-13-7/h1-2H,(H,12,13,14). The molecule has 2 rings (SSSR count). The van der Waals surface area contributed by atoms with Crippen LogP contribution in [0.2, 0.25) is 15.1 Å². The Bertz CT molecular complexity index is 538. The normalized spacial score (nSPS) is 10.6. The van der Waals surface area contributed by atoms with Crippen LogP contribution >= 0.6 is 34.8 Å². The molecule has 0 unspecified atom stereocenters. The van der Waals surface area contributed by atoms with Crippen LogP contribution in [0.5, 0.6) is 0 Å². The summed E-state index contributed by atoms with van der Waals surface area (Å²) in [6, 6.07) is 2.99. The predicted octanol–water partition coefficient (Wildman–Crippen LogP) is 2.99. The lowest BCUT2D eigenvalue weighted by atomic mass is 10.2. The molecule has 7 heteroatoms. The Morgan fingerprint density at radius 1 is 1.20 bits per heavy atom. The lowest BCUT2D eigenvalue weighted by molar-refractivity contribution is 0.388. The highest BCUT2D eigenvalue weighted by Gasteiger charge is 2.14. The van der Waals surface area contributed by atoms with Crippen LogP contribution in [0.25, 0.3) is 11.4 Å². The second-order valence-electron chi connectivity index (χ2n) is 2.69. The van der Waals surface area contributed by atoms with Crippen molar-refractivity contribution in [2.45, 2.75) is 0 Å². The fourth-order valence-corrected chi connectivity index (χ4v) is 2.10. The molecule has 2 aromatic rings. The molecule has 0 saturated carbocycles. The van der Waals surface area contributed by atoms with Crippen molar-refractivity contribution in [2.75, 3.05) is 0 Å². The summed E-state index contributed by atoms with van der Waals surface area (Å²) in [5.74, 6) is -0.501. The molecule has 0 aliphatic carbocycles. The van der Waals surface area contributed by atoms with Gasteiger partial charge in [-0.25, -0.2) is 4.79 Å². The van der Waals surface area contributed by atoms with Crippen molar-refractivity contribution >= 4 is 34.8 Å². The Labute approximate surface area is 98.7 Å². The average molecular weight is 265 g/mol. The van der Waals surface area contributed by atoms with Gasteiger partial charge in [0.25, 0.3) is 0 Å². The Kier molecular flexibility index (Phi) is 2.73. The van der Waals surface area contributed by atoms with Gasteiger partial charge in [-0.1, -0.05) is 40.0 Å². The van der Waals surface area contributed by atoms with Crippen LogP contribution < -0.4 is 5.76 Å². The van der Waals surface area contributed by atoms with Crippen molar-refractivity contribution in [3.05, 3.63) is 37.8 Å². The van der Waals surface area contributed by atoms with Gasteiger partial charge in [-0.05, 0) is 12.1 Å². The van der Waals surface area contributed by atoms with Gasteiger partial charge in [-0.3, -0.25) is 9.51 Å². The van der Waals surface area contributed by atoms with E-state index in [1.54, 1.807) is 0 Å². The Hall–Kier alpha value is -0.970. The van der Waals surface area contributed by atoms with Crippen LogP contribution in [-0.4, -0.2) is 10.1 Å². The fourth-order valence-electron chi connectivity index (χ4n) is 1.11. The number of H-pyrrole nitrogens is 1. The zero-order valence-electron chi connectivity index (χ0n) is 7.05. The van der Waals surface area contributed by atoms with E-state index in [4.69, 9.17) is 34.8 Å². The second-order valence-corrected chi connectivity index (χ2v) is 3.94. The van der Waals surface area contributed by atoms with Crippen molar-refractivity contribution < 1.29 is 4.52 Å². The molecule has 0 bridgehead atoms. The summed E-state index contributed by atoms with van der Waals surface area (Å²) in [5, 5.41) is 4.46. The van der Waals surface area contributed by atoms with Gasteiger partial charge >= 0.3 is 5.76 Å². The van der Waals surface area contributed by atoms with E-state index in [0.29, 0.717) is 10.6 Å². The monoisotopic (exact) mass is 264 g/mol. The van der Waals surface area contributed by atoms with E-state index in [2.05, 4.69) is 14.7 Å². The van der Waals surface area contributed by atoms with E-state index in [-0.39, 0.29) is 15.9 Å². The number of rotatable bonds is 1. The number of nitrogens with zero attached hydrogens (tertiary/aromatic N) is 1. The molecule has 1 aromatic carbocycles. The smallest absolute Gasteiger partial charge is 0.296 e. The van der Waals surface area contributed by atoms with Crippen molar-refractivity contribution in [1.82, 2.24) is 10.1 Å². The maximum atomic E-state index is 10.8. The van der Waals surface area contributed by atoms with E-state index in [0.717, 1.165) is 0 Å². The number of nitrogens with one attached hydrogen (secondary N) is 1. The van der Waals surface area contributed by atoms with Crippen molar-refractivity contribution in [1.29, 1.82) is 0 Å². The summed E-state index contributed by atoms with van der Waals surface area (Å²) in [5.41, 5.74) is 0.383. The van der Waals surface area contributed by atoms with Gasteiger partial charge in [-0.15, -0.1) is 0 Å². The summed E-state index contributed by atoms with van der Waals surface area (Å²) in [6.07, 6.45) is 0. The molecule has 0 spiro atoms. The maximum Gasteiger partial charge on any atom is 0.439 e. The van der Waals surface area contributed by atoms with Gasteiger partial charge in [0.2, 0.25) is 0 Å². The first kappa shape index (κ1) is 10.5. The first-order valence-electron chi connectivity index (χ1n) is 3.79. The number of hydrogen-bond acceptors (Lipinski definition) is 3. The number of aromatic nitrogens is 2. The van der Waals surface area contributed by atoms with Crippen LogP contribution in [0.1, 0.15) is 0 Å². The zero-order chi connectivity index (χ0) is 11.0. The Balaban J connectivity index is 2.67. The third kappa shape index (κ3) is 2.02. The molecule has 0 aliphatic heterocycles. The molecule has 0 fully saturated rings. The number of benzene rings is 1. The molecule has 15 heavy (non-hydrogen) atoms. The van der Waals surface area contributed by atoms with E-state index < -0.39 is 5.76 Å². The molecule has 78 valence electrons. The van der Waals surface area contributed by atoms with Crippen LogP contribution in [0.4, 0.5) is 0 Å². The van der Waals surface area contributed by atoms with Crippen LogP contribution in [-0.2, 0) is 0 Å². The molecular formula is C8H3Cl3N2O2. The second kappa shape index (κ2) is 3.89. The van der Waals surface area contributed by atoms with Gasteiger partial charge in [0.15, 0.2) is 5.82 Å². The zero-order valence-corrected chi connectivity index (χ0v) is 9.32. The molecule has 0 aliphatic rings. The molecular weight excluding hydrogens is 262 g/mol. The first-order chi connectivity index (χ1) is 7.08. The van der Waals surface area contributed by atoms with Gasteiger partial charge in [-0.2, -0.15) is 0 Å². The third-order valence-corrected chi connectivity index (χ3v) is 2.50. The van der Waals surface area contributed by atoms with Crippen LogP contribution in [0.3, 0.4) is 0 Å². The number of aromatic amines is 1. The maximum absolute atomic E-state index is 10.8. The van der Waals surface area contributed by atoms with E-state index in [9.17, 15) is 4.79 Å². The highest BCUT2D eigenvalue weighted by Crippen LogP contribution is 2.34. The minimum Gasteiger partial charge on any atom is -0.296 e. The quantitative estimate of drug-likeness (QED) is 0.862. The highest BCUT2D eigenvalue weighted by molar-refractivity contribution is 6.41. The molecule has 1 aromatic heterocycles. The number of halogens is 3. The lowest BCUT2D eigenvalue weighted by Crippen LogP contribution is -1.95. The van der Waals surface area contributed by atoms with Gasteiger partial charge < -0.3 is 0 Å². The summed E-state index contributed by atoms with van der Waals surface area (Å²) in [4.78, 5) is 13.1. The minimum absolute atomic E-state index is 0.173. The molecule has 0 radical (unpaired) electrons. The summed E-state index contributed by atoms with van der Waals surface area (Å²) in [6.45, 7) is 0. The van der Waals surface area contributed by atoms with E-state index in [1.807, 2.05) is 0 Å². The Morgan fingerprint density at radius 3 is 2.27 bits per heavy atom. The molecule has 0 atom stereocenters. The average Bonchev–Trinajstić information content (AvgIpc) is 2.49. The van der Waals surface area contributed by atoms with Gasteiger partial charge in [0.05, 0.1) is 15.6 Å². The van der Waals surface area contributed by atoms with Crippen molar-refractivity contribution in [3.8, 4) is 11.4 Å². The Morgan fingerprint density at radius 2 is 1.80 bits per heavy atom. The van der Waals surface area contributed by atoms with Gasteiger partial charge in [0, 0.05) is 5.02 Å². The SMILES string of the molecule is O=c1[nH]c(-c2c(Cl)cc(Cl)cc2Cl)no1. The topological polar surface area (TPSA) is 58.9 Å².